The van der Waals surface area contributed by atoms with Crippen LogP contribution in [0, 0.1) is 0 Å². The Morgan fingerprint density at radius 1 is 1.44 bits per heavy atom. The van der Waals surface area contributed by atoms with Gasteiger partial charge in [0.15, 0.2) is 0 Å². The molecule has 3 nitrogen and oxygen atoms in total. The van der Waals surface area contributed by atoms with Crippen molar-refractivity contribution in [3.8, 4) is 0 Å². The number of allylic oxidation sites excluding steroid dienone is 2. The first-order valence-electron chi connectivity index (χ1n) is 6.33. The molecular formula is C15H18N2O. The number of nitrogens with zero attached hydrogens (tertiary/aromatic N) is 2. The first-order chi connectivity index (χ1) is 8.83. The van der Waals surface area contributed by atoms with Crippen LogP contribution >= 0.6 is 0 Å². The Hall–Kier alpha value is -1.90. The van der Waals surface area contributed by atoms with Crippen LogP contribution in [-0.2, 0) is 4.84 Å². The van der Waals surface area contributed by atoms with Crippen molar-refractivity contribution in [1.82, 2.24) is 0 Å². The van der Waals surface area contributed by atoms with Gasteiger partial charge in [-0.3, -0.25) is 0 Å². The maximum Gasteiger partial charge on any atom is 0.133 e. The van der Waals surface area contributed by atoms with Crippen molar-refractivity contribution in [3.63, 3.8) is 0 Å². The van der Waals surface area contributed by atoms with Crippen LogP contribution in [0.3, 0.4) is 0 Å². The number of para-hydroxylation sites is 1. The summed E-state index contributed by atoms with van der Waals surface area (Å²) < 4.78 is 0. The molecule has 0 saturated heterocycles. The van der Waals surface area contributed by atoms with Gasteiger partial charge in [-0.25, -0.2) is 4.99 Å². The summed E-state index contributed by atoms with van der Waals surface area (Å²) in [5.74, 6) is 0. The van der Waals surface area contributed by atoms with E-state index >= 15 is 0 Å². The normalized spacial score (nSPS) is 20.0. The quantitative estimate of drug-likeness (QED) is 0.737. The Bertz CT molecular complexity index is 475. The molecule has 0 radical (unpaired) electrons. The van der Waals surface area contributed by atoms with E-state index in [1.807, 2.05) is 49.4 Å². The highest BCUT2D eigenvalue weighted by atomic mass is 16.6. The van der Waals surface area contributed by atoms with Gasteiger partial charge in [0, 0.05) is 6.42 Å². The van der Waals surface area contributed by atoms with Gasteiger partial charge in [0.05, 0.1) is 11.4 Å². The number of rotatable bonds is 4. The van der Waals surface area contributed by atoms with Crippen molar-refractivity contribution in [2.24, 2.45) is 10.1 Å². The third kappa shape index (κ3) is 3.06. The molecule has 0 saturated carbocycles. The van der Waals surface area contributed by atoms with Crippen molar-refractivity contribution in [2.75, 3.05) is 0 Å². The first kappa shape index (κ1) is 12.6. The lowest BCUT2D eigenvalue weighted by atomic mass is 10.1. The number of aliphatic imine (C=N–C) groups is 1. The molecule has 0 bridgehead atoms. The van der Waals surface area contributed by atoms with Crippen LogP contribution in [0.2, 0.25) is 0 Å². The maximum atomic E-state index is 5.35. The molecule has 0 aliphatic carbocycles. The Balaban J connectivity index is 2.22. The molecule has 1 heterocycles. The smallest absolute Gasteiger partial charge is 0.133 e. The topological polar surface area (TPSA) is 34.0 Å². The van der Waals surface area contributed by atoms with Crippen molar-refractivity contribution in [2.45, 2.75) is 32.8 Å². The Morgan fingerprint density at radius 2 is 2.22 bits per heavy atom. The van der Waals surface area contributed by atoms with Crippen molar-refractivity contribution < 1.29 is 4.84 Å². The predicted octanol–water partition coefficient (Wildman–Crippen LogP) is 3.89. The van der Waals surface area contributed by atoms with E-state index in [9.17, 15) is 0 Å². The standard InChI is InChI=1S/C15H18N2O/c1-3-8-14(15-11-13(4-2)18-17-15)16-12-9-6-5-7-10-12/h3,5-10,13H,4,11H2,1-2H3/b8-3-,16-14+. The zero-order chi connectivity index (χ0) is 12.8. The van der Waals surface area contributed by atoms with E-state index in [-0.39, 0.29) is 6.10 Å². The average Bonchev–Trinajstić information content (AvgIpc) is 2.88. The SMILES string of the molecule is C/C=C\C(=N/c1ccccc1)C1=NOC(CC)C1. The van der Waals surface area contributed by atoms with E-state index in [1.165, 1.54) is 0 Å². The monoisotopic (exact) mass is 242 g/mol. The fourth-order valence-corrected chi connectivity index (χ4v) is 1.80. The summed E-state index contributed by atoms with van der Waals surface area (Å²) in [6, 6.07) is 9.91. The molecule has 18 heavy (non-hydrogen) atoms. The van der Waals surface area contributed by atoms with E-state index in [4.69, 9.17) is 4.84 Å². The van der Waals surface area contributed by atoms with Gasteiger partial charge < -0.3 is 4.84 Å². The molecule has 1 unspecified atom stereocenters. The first-order valence-corrected chi connectivity index (χ1v) is 6.33. The van der Waals surface area contributed by atoms with Gasteiger partial charge in [-0.2, -0.15) is 0 Å². The fourth-order valence-electron chi connectivity index (χ4n) is 1.80. The van der Waals surface area contributed by atoms with Crippen LogP contribution in [0.15, 0.2) is 52.6 Å². The Morgan fingerprint density at radius 3 is 2.83 bits per heavy atom. The number of benzene rings is 1. The largest absolute Gasteiger partial charge is 0.392 e. The van der Waals surface area contributed by atoms with Crippen molar-refractivity contribution in [1.29, 1.82) is 0 Å². The average molecular weight is 242 g/mol. The summed E-state index contributed by atoms with van der Waals surface area (Å²) in [5.41, 5.74) is 2.76. The van der Waals surface area contributed by atoms with E-state index in [0.29, 0.717) is 0 Å². The molecule has 3 heteroatoms. The van der Waals surface area contributed by atoms with Gasteiger partial charge in [0.2, 0.25) is 0 Å². The highest BCUT2D eigenvalue weighted by Gasteiger charge is 2.21. The minimum atomic E-state index is 0.200. The minimum Gasteiger partial charge on any atom is -0.392 e. The molecule has 1 atom stereocenters. The van der Waals surface area contributed by atoms with E-state index in [0.717, 1.165) is 30.0 Å². The van der Waals surface area contributed by atoms with Crippen LogP contribution in [-0.4, -0.2) is 17.5 Å². The van der Waals surface area contributed by atoms with Gasteiger partial charge in [-0.15, -0.1) is 0 Å². The van der Waals surface area contributed by atoms with Crippen LogP contribution in [0.4, 0.5) is 5.69 Å². The minimum absolute atomic E-state index is 0.200. The number of oxime groups is 1. The summed E-state index contributed by atoms with van der Waals surface area (Å²) in [6.45, 7) is 4.08. The maximum absolute atomic E-state index is 5.35. The van der Waals surface area contributed by atoms with Crippen LogP contribution in [0.25, 0.3) is 0 Å². The number of hydrogen-bond donors (Lipinski definition) is 0. The second-order valence-corrected chi connectivity index (χ2v) is 4.21. The lowest BCUT2D eigenvalue weighted by Crippen LogP contribution is -2.13. The molecule has 1 aliphatic heterocycles. The van der Waals surface area contributed by atoms with Crippen LogP contribution in [0.1, 0.15) is 26.7 Å². The summed E-state index contributed by atoms with van der Waals surface area (Å²) in [7, 11) is 0. The molecule has 0 spiro atoms. The van der Waals surface area contributed by atoms with Gasteiger partial charge in [-0.1, -0.05) is 36.4 Å². The zero-order valence-corrected chi connectivity index (χ0v) is 10.8. The van der Waals surface area contributed by atoms with Gasteiger partial charge in [-0.05, 0) is 31.6 Å². The summed E-state index contributed by atoms with van der Waals surface area (Å²) in [4.78, 5) is 9.97. The van der Waals surface area contributed by atoms with Gasteiger partial charge >= 0.3 is 0 Å². The number of hydrogen-bond acceptors (Lipinski definition) is 3. The lowest BCUT2D eigenvalue weighted by molar-refractivity contribution is 0.0829. The summed E-state index contributed by atoms with van der Waals surface area (Å²) in [5, 5.41) is 4.14. The summed E-state index contributed by atoms with van der Waals surface area (Å²) >= 11 is 0. The molecule has 0 fully saturated rings. The van der Waals surface area contributed by atoms with E-state index in [1.54, 1.807) is 0 Å². The van der Waals surface area contributed by atoms with Crippen molar-refractivity contribution >= 4 is 17.1 Å². The molecule has 0 aromatic heterocycles. The molecule has 1 aromatic carbocycles. The molecule has 0 N–H and O–H groups in total. The van der Waals surface area contributed by atoms with Crippen molar-refractivity contribution in [3.05, 3.63) is 42.5 Å². The fraction of sp³-hybridized carbons (Fsp3) is 0.333. The third-order valence-electron chi connectivity index (χ3n) is 2.81. The highest BCUT2D eigenvalue weighted by molar-refractivity contribution is 6.47. The molecule has 94 valence electrons. The van der Waals surface area contributed by atoms with Crippen LogP contribution < -0.4 is 0 Å². The molecular weight excluding hydrogens is 224 g/mol. The molecule has 2 rings (SSSR count). The molecule has 1 aromatic rings. The van der Waals surface area contributed by atoms with Crippen LogP contribution in [0.5, 0.6) is 0 Å². The predicted molar refractivity (Wildman–Crippen MR) is 75.6 cm³/mol. The second kappa shape index (κ2) is 6.15. The lowest BCUT2D eigenvalue weighted by Gasteiger charge is -2.02. The Labute approximate surface area is 108 Å². The van der Waals surface area contributed by atoms with Gasteiger partial charge in [0.25, 0.3) is 0 Å². The highest BCUT2D eigenvalue weighted by Crippen LogP contribution is 2.17. The van der Waals surface area contributed by atoms with E-state index in [2.05, 4.69) is 17.1 Å². The molecule has 0 amide bonds. The Kier molecular flexibility index (Phi) is 4.29. The zero-order valence-electron chi connectivity index (χ0n) is 10.8. The second-order valence-electron chi connectivity index (χ2n) is 4.21. The van der Waals surface area contributed by atoms with Gasteiger partial charge in [0.1, 0.15) is 11.8 Å². The van der Waals surface area contributed by atoms with E-state index < -0.39 is 0 Å². The summed E-state index contributed by atoms with van der Waals surface area (Å²) in [6.07, 6.45) is 5.97. The third-order valence-corrected chi connectivity index (χ3v) is 2.81. The molecule has 1 aliphatic rings.